The Labute approximate surface area is 99.3 Å². The summed E-state index contributed by atoms with van der Waals surface area (Å²) in [6, 6.07) is 1.44. The smallest absolute Gasteiger partial charge is 0.337 e. The fourth-order valence-electron chi connectivity index (χ4n) is 1.39. The molecule has 1 amide bonds. The lowest BCUT2D eigenvalue weighted by atomic mass is 10.2. The third kappa shape index (κ3) is 3.44. The molecule has 1 rings (SSSR count). The Kier molecular flexibility index (Phi) is 4.45. The number of hydrogen-bond acceptors (Lipinski definition) is 4. The van der Waals surface area contributed by atoms with Gasteiger partial charge in [0.05, 0.1) is 17.4 Å². The maximum Gasteiger partial charge on any atom is 0.337 e. The molecular weight excluding hydrogens is 222 g/mol. The van der Waals surface area contributed by atoms with Crippen molar-refractivity contribution < 1.29 is 14.7 Å². The summed E-state index contributed by atoms with van der Waals surface area (Å²) in [5.74, 6) is -1.09. The molecule has 1 aromatic rings. The Hall–Kier alpha value is -2.11. The number of carbonyl (C=O) groups excluding carboxylic acids is 1. The number of rotatable bonds is 5. The Morgan fingerprint density at radius 3 is 2.82 bits per heavy atom. The predicted octanol–water partition coefficient (Wildman–Crippen LogP) is 0.352. The fourth-order valence-corrected chi connectivity index (χ4v) is 1.39. The van der Waals surface area contributed by atoms with Crippen LogP contribution in [0.5, 0.6) is 0 Å². The van der Waals surface area contributed by atoms with Crippen LogP contribution in [0.25, 0.3) is 0 Å². The van der Waals surface area contributed by atoms with E-state index in [0.717, 1.165) is 0 Å². The van der Waals surface area contributed by atoms with Gasteiger partial charge in [0.15, 0.2) is 0 Å². The van der Waals surface area contributed by atoms with Crippen LogP contribution in [-0.4, -0.2) is 42.6 Å². The molecule has 0 aromatic carbocycles. The minimum absolute atomic E-state index is 0.0855. The number of carbonyl (C=O) groups is 2. The highest BCUT2D eigenvalue weighted by Crippen LogP contribution is 2.17. The first kappa shape index (κ1) is 13.0. The van der Waals surface area contributed by atoms with Crippen LogP contribution in [-0.2, 0) is 4.79 Å². The van der Waals surface area contributed by atoms with Gasteiger partial charge in [0.25, 0.3) is 0 Å². The van der Waals surface area contributed by atoms with Crippen LogP contribution >= 0.6 is 0 Å². The van der Waals surface area contributed by atoms with Gasteiger partial charge in [-0.3, -0.25) is 9.78 Å². The van der Waals surface area contributed by atoms with Crippen molar-refractivity contribution in [2.45, 2.75) is 6.42 Å². The standard InChI is InChI=1S/C11H15N3O3/c1-12-10(15)4-6-14(2)9-7-13-5-3-8(9)11(16)17/h3,5,7H,4,6H2,1-2H3,(H,12,15)(H,16,17). The molecule has 0 saturated heterocycles. The summed E-state index contributed by atoms with van der Waals surface area (Å²) in [6.45, 7) is 0.436. The van der Waals surface area contributed by atoms with Crippen LogP contribution in [0.1, 0.15) is 16.8 Å². The molecule has 0 spiro atoms. The lowest BCUT2D eigenvalue weighted by Crippen LogP contribution is -2.27. The first-order chi connectivity index (χ1) is 8.06. The van der Waals surface area contributed by atoms with Gasteiger partial charge in [0.1, 0.15) is 0 Å². The molecule has 0 atom stereocenters. The Bertz CT molecular complexity index is 420. The number of pyridine rings is 1. The molecule has 6 heteroatoms. The van der Waals surface area contributed by atoms with Crippen LogP contribution in [0.4, 0.5) is 5.69 Å². The van der Waals surface area contributed by atoms with Crippen LogP contribution in [0.2, 0.25) is 0 Å². The molecule has 92 valence electrons. The van der Waals surface area contributed by atoms with E-state index in [1.165, 1.54) is 18.5 Å². The molecule has 0 saturated carbocycles. The summed E-state index contributed by atoms with van der Waals surface area (Å²) in [5.41, 5.74) is 0.684. The van der Waals surface area contributed by atoms with Gasteiger partial charge >= 0.3 is 5.97 Å². The van der Waals surface area contributed by atoms with Crippen molar-refractivity contribution in [3.05, 3.63) is 24.0 Å². The van der Waals surface area contributed by atoms with Crippen LogP contribution in [0, 0.1) is 0 Å². The quantitative estimate of drug-likeness (QED) is 0.772. The highest BCUT2D eigenvalue weighted by molar-refractivity contribution is 5.94. The predicted molar refractivity (Wildman–Crippen MR) is 63.2 cm³/mol. The number of nitrogens with zero attached hydrogens (tertiary/aromatic N) is 2. The van der Waals surface area contributed by atoms with E-state index in [2.05, 4.69) is 10.3 Å². The lowest BCUT2D eigenvalue weighted by Gasteiger charge is -2.20. The zero-order valence-electron chi connectivity index (χ0n) is 9.80. The fraction of sp³-hybridized carbons (Fsp3) is 0.364. The normalized spacial score (nSPS) is 9.76. The third-order valence-corrected chi connectivity index (χ3v) is 2.39. The van der Waals surface area contributed by atoms with Crippen molar-refractivity contribution >= 4 is 17.6 Å². The maximum atomic E-state index is 11.1. The highest BCUT2D eigenvalue weighted by atomic mass is 16.4. The zero-order chi connectivity index (χ0) is 12.8. The summed E-state index contributed by atoms with van der Waals surface area (Å²) < 4.78 is 0. The minimum atomic E-state index is -1.01. The van der Waals surface area contributed by atoms with E-state index in [9.17, 15) is 9.59 Å². The van der Waals surface area contributed by atoms with Crippen molar-refractivity contribution in [3.8, 4) is 0 Å². The molecule has 1 aromatic heterocycles. The molecule has 0 aliphatic carbocycles. The molecule has 0 aliphatic rings. The molecule has 0 radical (unpaired) electrons. The number of nitrogens with one attached hydrogen (secondary N) is 1. The van der Waals surface area contributed by atoms with Gasteiger partial charge in [0.2, 0.25) is 5.91 Å². The van der Waals surface area contributed by atoms with Crippen molar-refractivity contribution in [1.29, 1.82) is 0 Å². The molecule has 2 N–H and O–H groups in total. The number of carboxylic acid groups (broad SMARTS) is 1. The number of aromatic carboxylic acids is 1. The SMILES string of the molecule is CNC(=O)CCN(C)c1cnccc1C(=O)O. The van der Waals surface area contributed by atoms with Gasteiger partial charge in [-0.25, -0.2) is 4.79 Å². The number of hydrogen-bond donors (Lipinski definition) is 2. The third-order valence-electron chi connectivity index (χ3n) is 2.39. The maximum absolute atomic E-state index is 11.1. The van der Waals surface area contributed by atoms with E-state index < -0.39 is 5.97 Å². The van der Waals surface area contributed by atoms with E-state index >= 15 is 0 Å². The average molecular weight is 237 g/mol. The number of amides is 1. The van der Waals surface area contributed by atoms with E-state index in [1.54, 1.807) is 19.0 Å². The summed E-state index contributed by atoms with van der Waals surface area (Å²) in [5, 5.41) is 11.5. The van der Waals surface area contributed by atoms with Crippen molar-refractivity contribution in [2.75, 3.05) is 25.5 Å². The first-order valence-corrected chi connectivity index (χ1v) is 5.15. The molecule has 0 bridgehead atoms. The summed E-state index contributed by atoms with van der Waals surface area (Å²) in [6.07, 6.45) is 3.22. The monoisotopic (exact) mass is 237 g/mol. The van der Waals surface area contributed by atoms with Crippen LogP contribution in [0.15, 0.2) is 18.5 Å². The molecule has 0 unspecified atom stereocenters. The van der Waals surface area contributed by atoms with E-state index in [0.29, 0.717) is 18.7 Å². The summed E-state index contributed by atoms with van der Waals surface area (Å²) >= 11 is 0. The minimum Gasteiger partial charge on any atom is -0.478 e. The summed E-state index contributed by atoms with van der Waals surface area (Å²) in [7, 11) is 3.29. The Balaban J connectivity index is 2.78. The van der Waals surface area contributed by atoms with Crippen molar-refractivity contribution in [3.63, 3.8) is 0 Å². The molecule has 0 aliphatic heterocycles. The van der Waals surface area contributed by atoms with Gasteiger partial charge in [-0.05, 0) is 6.07 Å². The summed E-state index contributed by atoms with van der Waals surface area (Å²) in [4.78, 5) is 27.7. The van der Waals surface area contributed by atoms with E-state index in [-0.39, 0.29) is 11.5 Å². The Morgan fingerprint density at radius 2 is 2.24 bits per heavy atom. The number of carboxylic acids is 1. The van der Waals surface area contributed by atoms with Crippen molar-refractivity contribution in [1.82, 2.24) is 10.3 Å². The average Bonchev–Trinajstić information content (AvgIpc) is 2.35. The molecule has 6 nitrogen and oxygen atoms in total. The molecule has 1 heterocycles. The van der Waals surface area contributed by atoms with Crippen LogP contribution < -0.4 is 10.2 Å². The van der Waals surface area contributed by atoms with Gasteiger partial charge in [-0.1, -0.05) is 0 Å². The zero-order valence-corrected chi connectivity index (χ0v) is 9.80. The number of anilines is 1. The van der Waals surface area contributed by atoms with Gasteiger partial charge in [0, 0.05) is 33.3 Å². The second-order valence-electron chi connectivity index (χ2n) is 3.54. The lowest BCUT2D eigenvalue weighted by molar-refractivity contribution is -0.120. The van der Waals surface area contributed by atoms with Crippen molar-refractivity contribution in [2.24, 2.45) is 0 Å². The van der Waals surface area contributed by atoms with E-state index in [1.807, 2.05) is 0 Å². The Morgan fingerprint density at radius 1 is 1.53 bits per heavy atom. The topological polar surface area (TPSA) is 82.5 Å². The largest absolute Gasteiger partial charge is 0.478 e. The first-order valence-electron chi connectivity index (χ1n) is 5.15. The highest BCUT2D eigenvalue weighted by Gasteiger charge is 2.13. The second kappa shape index (κ2) is 5.83. The molecular formula is C11H15N3O3. The van der Waals surface area contributed by atoms with Gasteiger partial charge < -0.3 is 15.3 Å². The van der Waals surface area contributed by atoms with E-state index in [4.69, 9.17) is 5.11 Å². The van der Waals surface area contributed by atoms with Crippen LogP contribution in [0.3, 0.4) is 0 Å². The molecule has 17 heavy (non-hydrogen) atoms. The van der Waals surface area contributed by atoms with Gasteiger partial charge in [-0.2, -0.15) is 0 Å². The second-order valence-corrected chi connectivity index (χ2v) is 3.54. The number of aromatic nitrogens is 1. The molecule has 0 fully saturated rings. The van der Waals surface area contributed by atoms with Gasteiger partial charge in [-0.15, -0.1) is 0 Å².